The van der Waals surface area contributed by atoms with Crippen molar-refractivity contribution in [2.45, 2.75) is 25.3 Å². The Hall–Kier alpha value is -1.09. The molecule has 76 valence electrons. The highest BCUT2D eigenvalue weighted by Crippen LogP contribution is 2.23. The molecule has 1 aromatic heterocycles. The summed E-state index contributed by atoms with van der Waals surface area (Å²) < 4.78 is 5.18. The second-order valence-electron chi connectivity index (χ2n) is 3.62. The van der Waals surface area contributed by atoms with Crippen LogP contribution in [-0.2, 0) is 0 Å². The van der Waals surface area contributed by atoms with Crippen LogP contribution in [-0.4, -0.2) is 18.6 Å². The molecular formula is C11H16N2O. The molecule has 1 aliphatic rings. The first-order valence-electron chi connectivity index (χ1n) is 5.13. The lowest BCUT2D eigenvalue weighted by molar-refractivity contribution is 0.394. The fourth-order valence-corrected chi connectivity index (χ4v) is 1.85. The van der Waals surface area contributed by atoms with Crippen molar-refractivity contribution >= 4 is 0 Å². The van der Waals surface area contributed by atoms with E-state index >= 15 is 0 Å². The van der Waals surface area contributed by atoms with Crippen molar-refractivity contribution in [2.24, 2.45) is 0 Å². The second kappa shape index (κ2) is 4.42. The monoisotopic (exact) mass is 192 g/mol. The summed E-state index contributed by atoms with van der Waals surface area (Å²) in [6.07, 6.45) is 5.56. The molecular weight excluding hydrogens is 176 g/mol. The molecule has 1 unspecified atom stereocenters. The molecule has 0 bridgehead atoms. The molecule has 1 aliphatic heterocycles. The van der Waals surface area contributed by atoms with Gasteiger partial charge in [-0.05, 0) is 25.5 Å². The van der Waals surface area contributed by atoms with E-state index in [4.69, 9.17) is 4.74 Å². The highest BCUT2D eigenvalue weighted by atomic mass is 16.5. The molecule has 1 saturated heterocycles. The van der Waals surface area contributed by atoms with Crippen molar-refractivity contribution in [1.82, 2.24) is 10.3 Å². The molecule has 2 rings (SSSR count). The van der Waals surface area contributed by atoms with E-state index < -0.39 is 0 Å². The Balaban J connectivity index is 2.13. The number of nitrogens with zero attached hydrogens (tertiary/aromatic N) is 1. The van der Waals surface area contributed by atoms with Crippen LogP contribution in [0.3, 0.4) is 0 Å². The SMILES string of the molecule is COc1ccnc(C2CCCCN2)c1. The Kier molecular flexibility index (Phi) is 2.99. The first-order chi connectivity index (χ1) is 6.90. The summed E-state index contributed by atoms with van der Waals surface area (Å²) in [5, 5.41) is 3.47. The molecule has 0 aliphatic carbocycles. The Morgan fingerprint density at radius 1 is 1.50 bits per heavy atom. The minimum atomic E-state index is 0.416. The molecule has 0 aromatic carbocycles. The van der Waals surface area contributed by atoms with Gasteiger partial charge in [-0.3, -0.25) is 4.98 Å². The van der Waals surface area contributed by atoms with Crippen LogP contribution in [0.5, 0.6) is 5.75 Å². The van der Waals surface area contributed by atoms with E-state index in [9.17, 15) is 0 Å². The average molecular weight is 192 g/mol. The molecule has 1 N–H and O–H groups in total. The van der Waals surface area contributed by atoms with Gasteiger partial charge in [-0.2, -0.15) is 0 Å². The number of hydrogen-bond acceptors (Lipinski definition) is 3. The van der Waals surface area contributed by atoms with Crippen LogP contribution in [0.4, 0.5) is 0 Å². The Labute approximate surface area is 84.5 Å². The lowest BCUT2D eigenvalue weighted by Crippen LogP contribution is -2.27. The Bertz CT molecular complexity index is 295. The molecule has 0 amide bonds. The number of methoxy groups -OCH3 is 1. The molecule has 1 atom stereocenters. The van der Waals surface area contributed by atoms with E-state index in [0.29, 0.717) is 6.04 Å². The van der Waals surface area contributed by atoms with Crippen molar-refractivity contribution < 1.29 is 4.74 Å². The van der Waals surface area contributed by atoms with Gasteiger partial charge in [0, 0.05) is 18.3 Å². The van der Waals surface area contributed by atoms with Crippen LogP contribution in [0.2, 0.25) is 0 Å². The van der Waals surface area contributed by atoms with Crippen molar-refractivity contribution in [3.63, 3.8) is 0 Å². The Morgan fingerprint density at radius 2 is 2.43 bits per heavy atom. The smallest absolute Gasteiger partial charge is 0.122 e. The van der Waals surface area contributed by atoms with Gasteiger partial charge >= 0.3 is 0 Å². The normalized spacial score (nSPS) is 21.9. The summed E-state index contributed by atoms with van der Waals surface area (Å²) in [7, 11) is 1.69. The van der Waals surface area contributed by atoms with Crippen molar-refractivity contribution in [1.29, 1.82) is 0 Å². The van der Waals surface area contributed by atoms with Crippen LogP contribution < -0.4 is 10.1 Å². The molecule has 2 heterocycles. The van der Waals surface area contributed by atoms with Crippen LogP contribution >= 0.6 is 0 Å². The maximum Gasteiger partial charge on any atom is 0.122 e. The van der Waals surface area contributed by atoms with Crippen LogP contribution in [0, 0.1) is 0 Å². The van der Waals surface area contributed by atoms with Gasteiger partial charge in [-0.25, -0.2) is 0 Å². The average Bonchev–Trinajstić information content (AvgIpc) is 2.30. The molecule has 0 radical (unpaired) electrons. The van der Waals surface area contributed by atoms with Gasteiger partial charge in [-0.1, -0.05) is 6.42 Å². The van der Waals surface area contributed by atoms with E-state index in [2.05, 4.69) is 10.3 Å². The standard InChI is InChI=1S/C11H16N2O/c1-14-9-5-7-13-11(8-9)10-4-2-3-6-12-10/h5,7-8,10,12H,2-4,6H2,1H3. The quantitative estimate of drug-likeness (QED) is 0.777. The minimum Gasteiger partial charge on any atom is -0.497 e. The van der Waals surface area contributed by atoms with E-state index in [1.54, 1.807) is 7.11 Å². The van der Waals surface area contributed by atoms with Gasteiger partial charge in [-0.15, -0.1) is 0 Å². The Morgan fingerprint density at radius 3 is 3.14 bits per heavy atom. The summed E-state index contributed by atoms with van der Waals surface area (Å²) in [5.74, 6) is 0.891. The number of pyridine rings is 1. The first kappa shape index (κ1) is 9.46. The van der Waals surface area contributed by atoms with E-state index in [1.165, 1.54) is 19.3 Å². The van der Waals surface area contributed by atoms with Gasteiger partial charge in [0.15, 0.2) is 0 Å². The number of hydrogen-bond donors (Lipinski definition) is 1. The number of rotatable bonds is 2. The highest BCUT2D eigenvalue weighted by Gasteiger charge is 2.15. The third-order valence-electron chi connectivity index (χ3n) is 2.66. The van der Waals surface area contributed by atoms with Gasteiger partial charge < -0.3 is 10.1 Å². The molecule has 1 fully saturated rings. The predicted octanol–water partition coefficient (Wildman–Crippen LogP) is 1.90. The minimum absolute atomic E-state index is 0.416. The summed E-state index contributed by atoms with van der Waals surface area (Å²) in [6, 6.07) is 4.31. The summed E-state index contributed by atoms with van der Waals surface area (Å²) in [6.45, 7) is 1.10. The third-order valence-corrected chi connectivity index (χ3v) is 2.66. The summed E-state index contributed by atoms with van der Waals surface area (Å²) >= 11 is 0. The summed E-state index contributed by atoms with van der Waals surface area (Å²) in [5.41, 5.74) is 1.10. The molecule has 3 heteroatoms. The van der Waals surface area contributed by atoms with Crippen molar-refractivity contribution in [3.8, 4) is 5.75 Å². The van der Waals surface area contributed by atoms with E-state index in [0.717, 1.165) is 18.0 Å². The van der Waals surface area contributed by atoms with Gasteiger partial charge in [0.25, 0.3) is 0 Å². The predicted molar refractivity (Wildman–Crippen MR) is 55.4 cm³/mol. The largest absolute Gasteiger partial charge is 0.497 e. The molecule has 1 aromatic rings. The molecule has 0 spiro atoms. The first-order valence-corrected chi connectivity index (χ1v) is 5.13. The zero-order chi connectivity index (χ0) is 9.80. The lowest BCUT2D eigenvalue weighted by atomic mass is 10.0. The second-order valence-corrected chi connectivity index (χ2v) is 3.62. The number of ether oxygens (including phenoxy) is 1. The fourth-order valence-electron chi connectivity index (χ4n) is 1.85. The fraction of sp³-hybridized carbons (Fsp3) is 0.545. The van der Waals surface area contributed by atoms with Gasteiger partial charge in [0.05, 0.1) is 12.8 Å². The van der Waals surface area contributed by atoms with Gasteiger partial charge in [0.2, 0.25) is 0 Å². The molecule has 0 saturated carbocycles. The third kappa shape index (κ3) is 2.04. The van der Waals surface area contributed by atoms with E-state index in [-0.39, 0.29) is 0 Å². The maximum atomic E-state index is 5.18. The number of nitrogens with one attached hydrogen (secondary N) is 1. The molecule has 3 nitrogen and oxygen atoms in total. The van der Waals surface area contributed by atoms with Crippen LogP contribution in [0.15, 0.2) is 18.3 Å². The van der Waals surface area contributed by atoms with E-state index in [1.807, 2.05) is 18.3 Å². The topological polar surface area (TPSA) is 34.1 Å². The summed E-state index contributed by atoms with van der Waals surface area (Å²) in [4.78, 5) is 4.37. The van der Waals surface area contributed by atoms with Crippen LogP contribution in [0.1, 0.15) is 31.0 Å². The zero-order valence-corrected chi connectivity index (χ0v) is 8.49. The number of aromatic nitrogens is 1. The highest BCUT2D eigenvalue weighted by molar-refractivity contribution is 5.24. The molecule has 14 heavy (non-hydrogen) atoms. The zero-order valence-electron chi connectivity index (χ0n) is 8.49. The lowest BCUT2D eigenvalue weighted by Gasteiger charge is -2.22. The number of piperidine rings is 1. The van der Waals surface area contributed by atoms with Crippen LogP contribution in [0.25, 0.3) is 0 Å². The van der Waals surface area contributed by atoms with Crippen molar-refractivity contribution in [3.05, 3.63) is 24.0 Å². The van der Waals surface area contributed by atoms with Gasteiger partial charge in [0.1, 0.15) is 5.75 Å². The van der Waals surface area contributed by atoms with Crippen molar-refractivity contribution in [2.75, 3.05) is 13.7 Å². The maximum absolute atomic E-state index is 5.18.